The molecule has 5 nitrogen and oxygen atoms in total. The van der Waals surface area contributed by atoms with Crippen LogP contribution >= 0.6 is 24.8 Å². The Morgan fingerprint density at radius 2 is 2.22 bits per heavy atom. The summed E-state index contributed by atoms with van der Waals surface area (Å²) >= 11 is 0. The Morgan fingerprint density at radius 3 is 2.91 bits per heavy atom. The molecule has 3 heterocycles. The van der Waals surface area contributed by atoms with Crippen LogP contribution in [-0.2, 0) is 11.2 Å². The number of aromatic nitrogens is 2. The van der Waals surface area contributed by atoms with Crippen molar-refractivity contribution < 1.29 is 4.79 Å². The van der Waals surface area contributed by atoms with Crippen LogP contribution in [0, 0.1) is 5.92 Å². The average molecular weight is 359 g/mol. The second kappa shape index (κ2) is 8.52. The second-order valence-corrected chi connectivity index (χ2v) is 5.98. The Morgan fingerprint density at radius 1 is 1.43 bits per heavy atom. The van der Waals surface area contributed by atoms with E-state index < -0.39 is 0 Å². The highest BCUT2D eigenvalue weighted by molar-refractivity contribution is 5.85. The highest BCUT2D eigenvalue weighted by Crippen LogP contribution is 2.19. The molecule has 1 fully saturated rings. The number of halogens is 2. The maximum absolute atomic E-state index is 12.4. The first kappa shape index (κ1) is 19.7. The number of carbonyl (C=O) groups excluding carboxylic acids is 1. The predicted octanol–water partition coefficient (Wildman–Crippen LogP) is 2.31. The number of carbonyl (C=O) groups is 1. The lowest BCUT2D eigenvalue weighted by Crippen LogP contribution is -2.45. The van der Waals surface area contributed by atoms with Crippen molar-refractivity contribution in [1.29, 1.82) is 0 Å². The summed E-state index contributed by atoms with van der Waals surface area (Å²) in [6, 6.07) is 6.00. The molecule has 2 aromatic rings. The third kappa shape index (κ3) is 4.59. The van der Waals surface area contributed by atoms with Gasteiger partial charge in [0.15, 0.2) is 0 Å². The number of likely N-dealkylation sites (tertiary alicyclic amines) is 1. The van der Waals surface area contributed by atoms with Crippen LogP contribution < -0.4 is 5.73 Å². The quantitative estimate of drug-likeness (QED) is 0.915. The van der Waals surface area contributed by atoms with E-state index in [1.807, 2.05) is 46.8 Å². The van der Waals surface area contributed by atoms with Crippen LogP contribution in [0.2, 0.25) is 0 Å². The van der Waals surface area contributed by atoms with Crippen LogP contribution in [-0.4, -0.2) is 39.3 Å². The van der Waals surface area contributed by atoms with Gasteiger partial charge in [-0.3, -0.25) is 4.79 Å². The fraction of sp³-hybridized carbons (Fsp3) is 0.500. The molecular formula is C16H24Cl2N4O. The maximum atomic E-state index is 12.4. The van der Waals surface area contributed by atoms with Crippen molar-refractivity contribution in [3.63, 3.8) is 0 Å². The summed E-state index contributed by atoms with van der Waals surface area (Å²) in [5.74, 6) is 0.576. The van der Waals surface area contributed by atoms with Gasteiger partial charge in [0.2, 0.25) is 5.91 Å². The molecule has 2 N–H and O–H groups in total. The van der Waals surface area contributed by atoms with Gasteiger partial charge in [0.05, 0.1) is 12.1 Å². The summed E-state index contributed by atoms with van der Waals surface area (Å²) < 4.78 is 1.95. The Bertz CT molecular complexity index is 611. The van der Waals surface area contributed by atoms with Crippen LogP contribution in [0.15, 0.2) is 30.6 Å². The number of imidazole rings is 1. The first-order chi connectivity index (χ1) is 10.1. The van der Waals surface area contributed by atoms with Gasteiger partial charge in [-0.05, 0) is 37.8 Å². The number of rotatable bonds is 3. The minimum atomic E-state index is 0. The Balaban J connectivity index is 0.00000132. The van der Waals surface area contributed by atoms with Crippen molar-refractivity contribution in [3.8, 4) is 0 Å². The first-order valence-corrected chi connectivity index (χ1v) is 7.59. The summed E-state index contributed by atoms with van der Waals surface area (Å²) in [6.07, 6.45) is 6.41. The average Bonchev–Trinajstić information content (AvgIpc) is 2.89. The van der Waals surface area contributed by atoms with Gasteiger partial charge in [-0.2, -0.15) is 0 Å². The first-order valence-electron chi connectivity index (χ1n) is 7.59. The monoisotopic (exact) mass is 358 g/mol. The summed E-state index contributed by atoms with van der Waals surface area (Å²) in [5, 5.41) is 0. The molecule has 2 atom stereocenters. The fourth-order valence-corrected chi connectivity index (χ4v) is 3.00. The Hall–Kier alpha value is -1.30. The van der Waals surface area contributed by atoms with Gasteiger partial charge in [0, 0.05) is 31.5 Å². The van der Waals surface area contributed by atoms with Crippen molar-refractivity contribution in [2.75, 3.05) is 13.1 Å². The van der Waals surface area contributed by atoms with Crippen molar-refractivity contribution in [2.24, 2.45) is 11.7 Å². The lowest BCUT2D eigenvalue weighted by Gasteiger charge is -2.34. The topological polar surface area (TPSA) is 63.6 Å². The molecule has 0 radical (unpaired) electrons. The van der Waals surface area contributed by atoms with E-state index in [0.717, 1.165) is 37.3 Å². The molecule has 0 saturated carbocycles. The SMILES string of the molecule is CC(N)C1CCCN(C(=O)Cc2cn3ccccc3n2)C1.Cl.Cl. The summed E-state index contributed by atoms with van der Waals surface area (Å²) in [7, 11) is 0. The van der Waals surface area contributed by atoms with Crippen LogP contribution in [0.25, 0.3) is 5.65 Å². The predicted molar refractivity (Wildman–Crippen MR) is 96.3 cm³/mol. The molecule has 0 aromatic carbocycles. The summed E-state index contributed by atoms with van der Waals surface area (Å²) in [5.41, 5.74) is 7.69. The van der Waals surface area contributed by atoms with Gasteiger partial charge in [0.25, 0.3) is 0 Å². The molecule has 0 aliphatic carbocycles. The smallest absolute Gasteiger partial charge is 0.228 e. The van der Waals surface area contributed by atoms with Crippen LogP contribution in [0.5, 0.6) is 0 Å². The van der Waals surface area contributed by atoms with Crippen LogP contribution in [0.4, 0.5) is 0 Å². The molecule has 1 aliphatic heterocycles. The second-order valence-electron chi connectivity index (χ2n) is 5.98. The highest BCUT2D eigenvalue weighted by atomic mass is 35.5. The number of amides is 1. The normalized spacial score (nSPS) is 18.9. The molecular weight excluding hydrogens is 335 g/mol. The van der Waals surface area contributed by atoms with Gasteiger partial charge in [-0.15, -0.1) is 24.8 Å². The van der Waals surface area contributed by atoms with E-state index >= 15 is 0 Å². The van der Waals surface area contributed by atoms with Gasteiger partial charge in [0.1, 0.15) is 5.65 Å². The van der Waals surface area contributed by atoms with Gasteiger partial charge >= 0.3 is 0 Å². The van der Waals surface area contributed by atoms with E-state index in [2.05, 4.69) is 4.98 Å². The molecule has 0 bridgehead atoms. The standard InChI is InChI=1S/C16H22N4O.2ClH/c1-12(17)13-5-4-8-20(10-13)16(21)9-14-11-19-7-3-2-6-15(19)18-14;;/h2-3,6-7,11-13H,4-5,8-10,17H2,1H3;2*1H. The van der Waals surface area contributed by atoms with Crippen molar-refractivity contribution >= 4 is 36.4 Å². The fourth-order valence-electron chi connectivity index (χ4n) is 3.00. The molecule has 0 spiro atoms. The van der Waals surface area contributed by atoms with Crippen molar-refractivity contribution in [2.45, 2.75) is 32.2 Å². The molecule has 7 heteroatoms. The Kier molecular flexibility index (Phi) is 7.32. The molecule has 3 rings (SSSR count). The number of fused-ring (bicyclic) bond motifs is 1. The molecule has 23 heavy (non-hydrogen) atoms. The van der Waals surface area contributed by atoms with Crippen LogP contribution in [0.3, 0.4) is 0 Å². The van der Waals surface area contributed by atoms with E-state index in [4.69, 9.17) is 5.73 Å². The van der Waals surface area contributed by atoms with Crippen molar-refractivity contribution in [1.82, 2.24) is 14.3 Å². The minimum absolute atomic E-state index is 0. The molecule has 128 valence electrons. The number of nitrogens with two attached hydrogens (primary N) is 1. The zero-order valence-electron chi connectivity index (χ0n) is 13.2. The number of piperidine rings is 1. The Labute approximate surface area is 149 Å². The molecule has 1 aliphatic rings. The van der Waals surface area contributed by atoms with Gasteiger partial charge < -0.3 is 15.0 Å². The zero-order chi connectivity index (χ0) is 14.8. The van der Waals surface area contributed by atoms with E-state index in [1.54, 1.807) is 0 Å². The number of hydrogen-bond donors (Lipinski definition) is 1. The lowest BCUT2D eigenvalue weighted by molar-refractivity contribution is -0.132. The van der Waals surface area contributed by atoms with Crippen molar-refractivity contribution in [3.05, 3.63) is 36.3 Å². The molecule has 2 aromatic heterocycles. The van der Waals surface area contributed by atoms with E-state index in [-0.39, 0.29) is 36.8 Å². The molecule has 1 amide bonds. The third-order valence-electron chi connectivity index (χ3n) is 4.30. The third-order valence-corrected chi connectivity index (χ3v) is 4.30. The minimum Gasteiger partial charge on any atom is -0.342 e. The number of hydrogen-bond acceptors (Lipinski definition) is 3. The molecule has 2 unspecified atom stereocenters. The van der Waals surface area contributed by atoms with E-state index in [0.29, 0.717) is 12.3 Å². The van der Waals surface area contributed by atoms with E-state index in [9.17, 15) is 4.79 Å². The summed E-state index contributed by atoms with van der Waals surface area (Å²) in [4.78, 5) is 18.9. The van der Waals surface area contributed by atoms with Gasteiger partial charge in [-0.1, -0.05) is 6.07 Å². The van der Waals surface area contributed by atoms with Gasteiger partial charge in [-0.25, -0.2) is 4.98 Å². The van der Waals surface area contributed by atoms with Crippen LogP contribution in [0.1, 0.15) is 25.5 Å². The highest BCUT2D eigenvalue weighted by Gasteiger charge is 2.26. The molecule has 1 saturated heterocycles. The number of pyridine rings is 1. The van der Waals surface area contributed by atoms with E-state index in [1.165, 1.54) is 0 Å². The lowest BCUT2D eigenvalue weighted by atomic mass is 9.92. The summed E-state index contributed by atoms with van der Waals surface area (Å²) in [6.45, 7) is 3.65. The zero-order valence-corrected chi connectivity index (χ0v) is 14.9. The largest absolute Gasteiger partial charge is 0.342 e. The maximum Gasteiger partial charge on any atom is 0.228 e. The number of nitrogens with zero attached hydrogens (tertiary/aromatic N) is 3.